The lowest BCUT2D eigenvalue weighted by atomic mass is 10.2. The van der Waals surface area contributed by atoms with Crippen molar-refractivity contribution < 1.29 is 0 Å². The number of hydrogen-bond donors (Lipinski definition) is 0. The molecule has 0 bridgehead atoms. The van der Waals surface area contributed by atoms with Crippen LogP contribution in [0.3, 0.4) is 0 Å². The molecule has 0 amide bonds. The third-order valence-corrected chi connectivity index (χ3v) is 3.79. The second-order valence-corrected chi connectivity index (χ2v) is 5.02. The second kappa shape index (κ2) is 6.73. The van der Waals surface area contributed by atoms with Gasteiger partial charge in [0.2, 0.25) is 0 Å². The van der Waals surface area contributed by atoms with Crippen molar-refractivity contribution in [3.63, 3.8) is 0 Å². The number of pyridine rings is 1. The predicted octanol–water partition coefficient (Wildman–Crippen LogP) is 3.18. The smallest absolute Gasteiger partial charge is 0.148 e. The zero-order valence-electron chi connectivity index (χ0n) is 10.3. The topological polar surface area (TPSA) is 39.9 Å². The minimum absolute atomic E-state index is 0.379. The average Bonchev–Trinajstić information content (AvgIpc) is 2.35. The van der Waals surface area contributed by atoms with Crippen molar-refractivity contribution in [3.8, 4) is 6.07 Å². The Bertz CT molecular complexity index is 417. The van der Waals surface area contributed by atoms with E-state index in [1.165, 1.54) is 0 Å². The highest BCUT2D eigenvalue weighted by Crippen LogP contribution is 2.27. The summed E-state index contributed by atoms with van der Waals surface area (Å²) in [6.07, 6.45) is 4.73. The molecular weight excluding hydrogens is 254 g/mol. The minimum Gasteiger partial charge on any atom is -0.355 e. The maximum Gasteiger partial charge on any atom is 0.148 e. The van der Waals surface area contributed by atoms with Gasteiger partial charge in [-0.15, -0.1) is 0 Å². The average molecular weight is 270 g/mol. The Morgan fingerprint density at radius 2 is 2.35 bits per heavy atom. The first-order chi connectivity index (χ1) is 8.15. The van der Waals surface area contributed by atoms with Crippen LogP contribution in [0.1, 0.15) is 18.9 Å². The maximum absolute atomic E-state index is 8.94. The van der Waals surface area contributed by atoms with Gasteiger partial charge >= 0.3 is 0 Å². The van der Waals surface area contributed by atoms with Gasteiger partial charge in [0.25, 0.3) is 0 Å². The van der Waals surface area contributed by atoms with E-state index in [0.717, 1.165) is 12.2 Å². The van der Waals surface area contributed by atoms with E-state index >= 15 is 0 Å². The molecule has 1 aromatic heterocycles. The number of nitrogens with zero attached hydrogens (tertiary/aromatic N) is 3. The van der Waals surface area contributed by atoms with Gasteiger partial charge in [0.15, 0.2) is 0 Å². The lowest BCUT2D eigenvalue weighted by Crippen LogP contribution is -2.34. The zero-order chi connectivity index (χ0) is 12.8. The number of aromatic nitrogens is 1. The fourth-order valence-electron chi connectivity index (χ4n) is 1.63. The van der Waals surface area contributed by atoms with Crippen LogP contribution in [-0.4, -0.2) is 30.1 Å². The van der Waals surface area contributed by atoms with Crippen molar-refractivity contribution in [1.82, 2.24) is 4.98 Å². The standard InChI is InChI=1S/C12H16ClN3S/c1-4-10(8-17-3)16(2)12-11(13)9(7-14)5-6-15-12/h5-6,10H,4,8H2,1-3H3. The molecule has 92 valence electrons. The van der Waals surface area contributed by atoms with Gasteiger partial charge in [-0.25, -0.2) is 4.98 Å². The van der Waals surface area contributed by atoms with Crippen LogP contribution in [0.2, 0.25) is 5.02 Å². The molecule has 1 unspecified atom stereocenters. The molecule has 0 aromatic carbocycles. The lowest BCUT2D eigenvalue weighted by molar-refractivity contribution is 0.666. The summed E-state index contributed by atoms with van der Waals surface area (Å²) in [5.74, 6) is 1.70. The third kappa shape index (κ3) is 3.27. The van der Waals surface area contributed by atoms with Gasteiger partial charge in [0.05, 0.1) is 5.56 Å². The molecule has 1 heterocycles. The SMILES string of the molecule is CCC(CSC)N(C)c1nccc(C#N)c1Cl. The normalized spacial score (nSPS) is 11.9. The van der Waals surface area contributed by atoms with E-state index in [9.17, 15) is 0 Å². The molecule has 5 heteroatoms. The number of nitriles is 1. The molecule has 0 radical (unpaired) electrons. The van der Waals surface area contributed by atoms with Crippen LogP contribution in [0.25, 0.3) is 0 Å². The summed E-state index contributed by atoms with van der Waals surface area (Å²) in [6.45, 7) is 2.14. The molecule has 1 aromatic rings. The van der Waals surface area contributed by atoms with Crippen LogP contribution in [0.4, 0.5) is 5.82 Å². The molecule has 0 aliphatic rings. The fourth-order valence-corrected chi connectivity index (χ4v) is 2.77. The third-order valence-electron chi connectivity index (χ3n) is 2.70. The molecule has 1 rings (SSSR count). The molecule has 3 nitrogen and oxygen atoms in total. The van der Waals surface area contributed by atoms with Gasteiger partial charge in [-0.2, -0.15) is 17.0 Å². The molecule has 17 heavy (non-hydrogen) atoms. The van der Waals surface area contributed by atoms with Gasteiger partial charge in [0, 0.05) is 25.0 Å². The Kier molecular flexibility index (Phi) is 5.60. The van der Waals surface area contributed by atoms with Gasteiger partial charge < -0.3 is 4.90 Å². The van der Waals surface area contributed by atoms with Crippen molar-refractivity contribution in [1.29, 1.82) is 5.26 Å². The van der Waals surface area contributed by atoms with Crippen LogP contribution >= 0.6 is 23.4 Å². The summed E-state index contributed by atoms with van der Waals surface area (Å²) in [6, 6.07) is 4.09. The van der Waals surface area contributed by atoms with Gasteiger partial charge in [-0.3, -0.25) is 0 Å². The summed E-state index contributed by atoms with van der Waals surface area (Å²) in [5.41, 5.74) is 0.475. The Balaban J connectivity index is 3.03. The van der Waals surface area contributed by atoms with Crippen molar-refractivity contribution in [2.45, 2.75) is 19.4 Å². The molecule has 0 saturated carbocycles. The van der Waals surface area contributed by atoms with E-state index in [-0.39, 0.29) is 0 Å². The molecule has 0 spiro atoms. The molecular formula is C12H16ClN3S. The van der Waals surface area contributed by atoms with Gasteiger partial charge in [-0.05, 0) is 18.7 Å². The van der Waals surface area contributed by atoms with Crippen LogP contribution in [0.15, 0.2) is 12.3 Å². The molecule has 0 fully saturated rings. The highest BCUT2D eigenvalue weighted by molar-refractivity contribution is 7.98. The Hall–Kier alpha value is -0.920. The largest absolute Gasteiger partial charge is 0.355 e. The Morgan fingerprint density at radius 3 is 2.88 bits per heavy atom. The van der Waals surface area contributed by atoms with E-state index in [4.69, 9.17) is 16.9 Å². The van der Waals surface area contributed by atoms with E-state index in [0.29, 0.717) is 22.4 Å². The first kappa shape index (κ1) is 14.1. The van der Waals surface area contributed by atoms with Gasteiger partial charge in [-0.1, -0.05) is 18.5 Å². The molecule has 0 N–H and O–H groups in total. The van der Waals surface area contributed by atoms with E-state index in [1.807, 2.05) is 7.05 Å². The number of anilines is 1. The van der Waals surface area contributed by atoms with Crippen molar-refractivity contribution >= 4 is 29.2 Å². The summed E-state index contributed by atoms with van der Waals surface area (Å²) < 4.78 is 0. The summed E-state index contributed by atoms with van der Waals surface area (Å²) >= 11 is 7.97. The zero-order valence-corrected chi connectivity index (χ0v) is 11.8. The monoisotopic (exact) mass is 269 g/mol. The highest BCUT2D eigenvalue weighted by Gasteiger charge is 2.18. The van der Waals surface area contributed by atoms with Gasteiger partial charge in [0.1, 0.15) is 16.9 Å². The summed E-state index contributed by atoms with van der Waals surface area (Å²) in [7, 11) is 1.97. The summed E-state index contributed by atoms with van der Waals surface area (Å²) in [4.78, 5) is 6.33. The number of thioether (sulfide) groups is 1. The fraction of sp³-hybridized carbons (Fsp3) is 0.500. The quantitative estimate of drug-likeness (QED) is 0.823. The maximum atomic E-state index is 8.94. The highest BCUT2D eigenvalue weighted by atomic mass is 35.5. The molecule has 0 saturated heterocycles. The van der Waals surface area contributed by atoms with E-state index in [2.05, 4.69) is 29.1 Å². The number of hydrogen-bond acceptors (Lipinski definition) is 4. The van der Waals surface area contributed by atoms with Crippen LogP contribution in [0.5, 0.6) is 0 Å². The minimum atomic E-state index is 0.379. The second-order valence-electron chi connectivity index (χ2n) is 3.74. The Morgan fingerprint density at radius 1 is 1.65 bits per heavy atom. The van der Waals surface area contributed by atoms with E-state index < -0.39 is 0 Å². The first-order valence-electron chi connectivity index (χ1n) is 5.42. The van der Waals surface area contributed by atoms with Crippen LogP contribution < -0.4 is 4.90 Å². The molecule has 0 aliphatic carbocycles. The van der Waals surface area contributed by atoms with Crippen LogP contribution in [-0.2, 0) is 0 Å². The first-order valence-corrected chi connectivity index (χ1v) is 7.19. The number of halogens is 1. The van der Waals surface area contributed by atoms with Crippen molar-refractivity contribution in [2.75, 3.05) is 24.0 Å². The predicted molar refractivity (Wildman–Crippen MR) is 74.8 cm³/mol. The van der Waals surface area contributed by atoms with Crippen LogP contribution in [0, 0.1) is 11.3 Å². The van der Waals surface area contributed by atoms with Crippen molar-refractivity contribution in [3.05, 3.63) is 22.8 Å². The number of rotatable bonds is 5. The van der Waals surface area contributed by atoms with E-state index in [1.54, 1.807) is 24.0 Å². The molecule has 1 atom stereocenters. The van der Waals surface area contributed by atoms with Crippen molar-refractivity contribution in [2.24, 2.45) is 0 Å². The lowest BCUT2D eigenvalue weighted by Gasteiger charge is -2.28. The summed E-state index contributed by atoms with van der Waals surface area (Å²) in [5, 5.41) is 9.38. The Labute approximate surface area is 112 Å². The molecule has 0 aliphatic heterocycles.